The van der Waals surface area contributed by atoms with Crippen LogP contribution in [0.2, 0.25) is 0 Å². The molecule has 2 nitrogen and oxygen atoms in total. The first kappa shape index (κ1) is 17.0. The van der Waals surface area contributed by atoms with Crippen molar-refractivity contribution in [3.63, 3.8) is 0 Å². The first-order valence-corrected chi connectivity index (χ1v) is 2.75. The molecule has 9 heavy (non-hydrogen) atoms. The Morgan fingerprint density at radius 3 is 1.00 bits per heavy atom. The second kappa shape index (κ2) is 12.4. The quantitative estimate of drug-likeness (QED) is 0.427. The van der Waals surface area contributed by atoms with Crippen molar-refractivity contribution in [3.05, 3.63) is 0 Å². The van der Waals surface area contributed by atoms with Gasteiger partial charge in [0.05, 0.1) is 0 Å². The SMILES string of the molecule is CC(=O)S.CC(=O)S.[KH]. The van der Waals surface area contributed by atoms with Gasteiger partial charge in [0.25, 0.3) is 0 Å². The van der Waals surface area contributed by atoms with E-state index in [0.29, 0.717) is 0 Å². The van der Waals surface area contributed by atoms with Crippen molar-refractivity contribution in [2.75, 3.05) is 0 Å². The van der Waals surface area contributed by atoms with Gasteiger partial charge in [0.2, 0.25) is 0 Å². The fourth-order valence-corrected chi connectivity index (χ4v) is 0. The average molecular weight is 192 g/mol. The molecule has 5 heteroatoms. The zero-order valence-electron chi connectivity index (χ0n) is 4.71. The van der Waals surface area contributed by atoms with E-state index in [9.17, 15) is 9.59 Å². The number of carbonyl (C=O) groups excluding carboxylic acids is 2. The molecule has 0 aliphatic heterocycles. The van der Waals surface area contributed by atoms with Gasteiger partial charge in [0.15, 0.2) is 10.2 Å². The van der Waals surface area contributed by atoms with Crippen molar-refractivity contribution in [2.24, 2.45) is 0 Å². The summed E-state index contributed by atoms with van der Waals surface area (Å²) >= 11 is 6.65. The van der Waals surface area contributed by atoms with Crippen LogP contribution in [0.25, 0.3) is 0 Å². The van der Waals surface area contributed by atoms with Crippen LogP contribution in [-0.4, -0.2) is 61.6 Å². The predicted molar refractivity (Wildman–Crippen MR) is 46.5 cm³/mol. The number of thiol groups is 2. The summed E-state index contributed by atoms with van der Waals surface area (Å²) in [6, 6.07) is 0. The number of hydrogen-bond donors (Lipinski definition) is 2. The Hall–Kier alpha value is 1.68. The molecule has 0 unspecified atom stereocenters. The molecular weight excluding hydrogens is 183 g/mol. The monoisotopic (exact) mass is 192 g/mol. The maximum absolute atomic E-state index is 9.31. The van der Waals surface area contributed by atoms with E-state index >= 15 is 0 Å². The molecule has 0 bridgehead atoms. The molecule has 0 aliphatic rings. The van der Waals surface area contributed by atoms with E-state index < -0.39 is 0 Å². The topological polar surface area (TPSA) is 34.1 Å². The van der Waals surface area contributed by atoms with Crippen LogP contribution < -0.4 is 0 Å². The van der Waals surface area contributed by atoms with E-state index in [-0.39, 0.29) is 61.6 Å². The summed E-state index contributed by atoms with van der Waals surface area (Å²) < 4.78 is 0. The van der Waals surface area contributed by atoms with Gasteiger partial charge in [-0.2, -0.15) is 0 Å². The van der Waals surface area contributed by atoms with Gasteiger partial charge < -0.3 is 0 Å². The molecule has 50 valence electrons. The summed E-state index contributed by atoms with van der Waals surface area (Å²) in [5.41, 5.74) is 0. The summed E-state index contributed by atoms with van der Waals surface area (Å²) in [7, 11) is 0. The molecule has 0 radical (unpaired) electrons. The van der Waals surface area contributed by atoms with Crippen molar-refractivity contribution in [1.29, 1.82) is 0 Å². The third-order valence-corrected chi connectivity index (χ3v) is 0. The molecule has 0 saturated carbocycles. The molecule has 0 N–H and O–H groups in total. The molecule has 0 amide bonds. The molecule has 0 spiro atoms. The molecule has 0 fully saturated rings. The first-order chi connectivity index (χ1) is 3.46. The van der Waals surface area contributed by atoms with Crippen LogP contribution in [0.1, 0.15) is 13.8 Å². The first-order valence-electron chi connectivity index (χ1n) is 1.86. The van der Waals surface area contributed by atoms with Gasteiger partial charge in [0, 0.05) is 13.8 Å². The number of rotatable bonds is 0. The molecule has 0 atom stereocenters. The summed E-state index contributed by atoms with van der Waals surface area (Å²) in [6.45, 7) is 2.78. The predicted octanol–water partition coefficient (Wildman–Crippen LogP) is 0.277. The Balaban J connectivity index is -0.0000000720. The molecule has 0 aromatic carbocycles. The van der Waals surface area contributed by atoms with Crippen molar-refractivity contribution in [2.45, 2.75) is 13.8 Å². The number of carbonyl (C=O) groups is 2. The van der Waals surface area contributed by atoms with E-state index in [0.717, 1.165) is 0 Å². The van der Waals surface area contributed by atoms with Gasteiger partial charge >= 0.3 is 51.4 Å². The van der Waals surface area contributed by atoms with Gasteiger partial charge in [-0.15, -0.1) is 25.3 Å². The molecule has 0 aromatic rings. The van der Waals surface area contributed by atoms with Crippen molar-refractivity contribution >= 4 is 86.9 Å². The van der Waals surface area contributed by atoms with E-state index in [1.807, 2.05) is 0 Å². The van der Waals surface area contributed by atoms with Crippen LogP contribution in [0.15, 0.2) is 0 Å². The van der Waals surface area contributed by atoms with Gasteiger partial charge in [-0.3, -0.25) is 9.59 Å². The molecule has 0 aliphatic carbocycles. The van der Waals surface area contributed by atoms with Crippen LogP contribution in [-0.2, 0) is 9.59 Å². The maximum atomic E-state index is 9.31. The molecule has 0 aromatic heterocycles. The minimum absolute atomic E-state index is 0. The number of hydrogen-bond acceptors (Lipinski definition) is 2. The molecule has 0 heterocycles. The van der Waals surface area contributed by atoms with Crippen molar-refractivity contribution < 1.29 is 9.59 Å². The third kappa shape index (κ3) is 203. The van der Waals surface area contributed by atoms with E-state index in [2.05, 4.69) is 25.3 Å². The van der Waals surface area contributed by atoms with Gasteiger partial charge in [-0.05, 0) is 0 Å². The fraction of sp³-hybridized carbons (Fsp3) is 0.500. The Morgan fingerprint density at radius 2 is 1.00 bits per heavy atom. The van der Waals surface area contributed by atoms with Crippen LogP contribution in [0.5, 0.6) is 0 Å². The van der Waals surface area contributed by atoms with Crippen molar-refractivity contribution in [3.8, 4) is 0 Å². The van der Waals surface area contributed by atoms with Gasteiger partial charge in [0.1, 0.15) is 0 Å². The van der Waals surface area contributed by atoms with Crippen LogP contribution >= 0.6 is 25.3 Å². The van der Waals surface area contributed by atoms with E-state index in [4.69, 9.17) is 0 Å². The molecule has 0 rings (SSSR count). The van der Waals surface area contributed by atoms with E-state index in [1.54, 1.807) is 0 Å². The summed E-state index contributed by atoms with van der Waals surface area (Å²) in [5.74, 6) is 0. The average Bonchev–Trinajstić information content (AvgIpc) is 1.25. The second-order valence-electron chi connectivity index (χ2n) is 1.04. The third-order valence-electron chi connectivity index (χ3n) is 0. The zero-order chi connectivity index (χ0) is 7.15. The Labute approximate surface area is 108 Å². The van der Waals surface area contributed by atoms with Crippen molar-refractivity contribution in [1.82, 2.24) is 0 Å². The summed E-state index contributed by atoms with van der Waals surface area (Å²) in [4.78, 5) is 18.6. The molecule has 0 saturated heterocycles. The van der Waals surface area contributed by atoms with Crippen LogP contribution in [0.3, 0.4) is 0 Å². The molecular formula is C4H9KO2S2. The van der Waals surface area contributed by atoms with Gasteiger partial charge in [-0.25, -0.2) is 0 Å². The van der Waals surface area contributed by atoms with Gasteiger partial charge in [-0.1, -0.05) is 0 Å². The Kier molecular flexibility index (Phi) is 23.3. The standard InChI is InChI=1S/2C2H4OS.K.H/c2*1-2(3)4;;/h2*1H3,(H,3,4);;. The minimum atomic E-state index is -0.139. The normalized spacial score (nSPS) is 5.78. The fourth-order valence-electron chi connectivity index (χ4n) is 0. The zero-order valence-corrected chi connectivity index (χ0v) is 6.50. The van der Waals surface area contributed by atoms with Crippen LogP contribution in [0, 0.1) is 0 Å². The van der Waals surface area contributed by atoms with E-state index in [1.165, 1.54) is 13.8 Å². The second-order valence-corrected chi connectivity index (χ2v) is 2.30. The Morgan fingerprint density at radius 1 is 1.00 bits per heavy atom. The summed E-state index contributed by atoms with van der Waals surface area (Å²) in [6.07, 6.45) is 0. The Bertz CT molecular complexity index is 74.6. The van der Waals surface area contributed by atoms with Crippen LogP contribution in [0.4, 0.5) is 0 Å². The summed E-state index contributed by atoms with van der Waals surface area (Å²) in [5, 5.41) is -0.278.